The molecular weight excluding hydrogens is 208 g/mol. The van der Waals surface area contributed by atoms with Gasteiger partial charge in [-0.25, -0.2) is 9.67 Å². The highest BCUT2D eigenvalue weighted by atomic mass is 32.2. The summed E-state index contributed by atoms with van der Waals surface area (Å²) in [6, 6.07) is 0.267. The summed E-state index contributed by atoms with van der Waals surface area (Å²) in [7, 11) is 0. The second-order valence-electron chi connectivity index (χ2n) is 4.37. The third-order valence-electron chi connectivity index (χ3n) is 3.13. The molecule has 3 rings (SSSR count). The van der Waals surface area contributed by atoms with Crippen molar-refractivity contribution in [2.45, 2.75) is 43.5 Å². The molecule has 1 saturated heterocycles. The average Bonchev–Trinajstić information content (AvgIpc) is 2.84. The normalized spacial score (nSPS) is 30.5. The average molecular weight is 224 g/mol. The van der Waals surface area contributed by atoms with Crippen LogP contribution in [0, 0.1) is 0 Å². The molecule has 3 heterocycles. The van der Waals surface area contributed by atoms with E-state index >= 15 is 0 Å². The number of hydrogen-bond acceptors (Lipinski definition) is 4. The van der Waals surface area contributed by atoms with E-state index in [1.165, 1.54) is 18.6 Å². The van der Waals surface area contributed by atoms with Gasteiger partial charge in [0.05, 0.1) is 11.8 Å². The number of nitrogens with zero attached hydrogens (tertiary/aromatic N) is 3. The van der Waals surface area contributed by atoms with E-state index in [0.29, 0.717) is 5.25 Å². The van der Waals surface area contributed by atoms with Crippen LogP contribution < -0.4 is 5.73 Å². The molecule has 0 saturated carbocycles. The lowest BCUT2D eigenvalue weighted by atomic mass is 10.1. The van der Waals surface area contributed by atoms with Crippen molar-refractivity contribution in [1.82, 2.24) is 14.8 Å². The molecule has 5 heteroatoms. The number of hydrogen-bond donors (Lipinski definition) is 1. The first-order chi connectivity index (χ1) is 7.33. The molecule has 0 aromatic carbocycles. The van der Waals surface area contributed by atoms with Gasteiger partial charge in [-0.1, -0.05) is 0 Å². The number of thioether (sulfide) groups is 1. The SMILES string of the molecule is NC1CCc2nc(C3CCCS3)nn2C1. The highest BCUT2D eigenvalue weighted by Gasteiger charge is 2.25. The highest BCUT2D eigenvalue weighted by molar-refractivity contribution is 7.99. The summed E-state index contributed by atoms with van der Waals surface area (Å²) in [5, 5.41) is 5.13. The molecule has 2 aliphatic heterocycles. The van der Waals surface area contributed by atoms with Gasteiger partial charge in [0.25, 0.3) is 0 Å². The topological polar surface area (TPSA) is 56.7 Å². The zero-order valence-corrected chi connectivity index (χ0v) is 9.54. The Bertz CT molecular complexity index is 356. The standard InChI is InChI=1S/C10H16N4S/c11-7-3-4-9-12-10(13-14(9)6-7)8-2-1-5-15-8/h7-8H,1-6,11H2. The van der Waals surface area contributed by atoms with Gasteiger partial charge in [0, 0.05) is 12.5 Å². The largest absolute Gasteiger partial charge is 0.326 e. The summed E-state index contributed by atoms with van der Waals surface area (Å²) in [5.74, 6) is 3.44. The summed E-state index contributed by atoms with van der Waals surface area (Å²) in [4.78, 5) is 4.64. The lowest BCUT2D eigenvalue weighted by molar-refractivity contribution is 0.420. The molecule has 0 amide bonds. The molecule has 0 aliphatic carbocycles. The Labute approximate surface area is 93.6 Å². The fourth-order valence-corrected chi connectivity index (χ4v) is 3.47. The first-order valence-corrected chi connectivity index (χ1v) is 6.68. The van der Waals surface area contributed by atoms with Crippen molar-refractivity contribution >= 4 is 11.8 Å². The van der Waals surface area contributed by atoms with Crippen LogP contribution in [0.4, 0.5) is 0 Å². The van der Waals surface area contributed by atoms with E-state index in [1.54, 1.807) is 0 Å². The van der Waals surface area contributed by atoms with Crippen molar-refractivity contribution in [1.29, 1.82) is 0 Å². The fourth-order valence-electron chi connectivity index (χ4n) is 2.27. The summed E-state index contributed by atoms with van der Waals surface area (Å²) in [6.07, 6.45) is 4.58. The van der Waals surface area contributed by atoms with Crippen LogP contribution >= 0.6 is 11.8 Å². The van der Waals surface area contributed by atoms with E-state index in [4.69, 9.17) is 5.73 Å². The Kier molecular flexibility index (Phi) is 2.44. The molecule has 0 radical (unpaired) electrons. The number of rotatable bonds is 1. The van der Waals surface area contributed by atoms with Crippen molar-refractivity contribution in [3.05, 3.63) is 11.6 Å². The second kappa shape index (κ2) is 3.79. The van der Waals surface area contributed by atoms with Crippen molar-refractivity contribution in [2.75, 3.05) is 5.75 Å². The number of aryl methyl sites for hydroxylation is 1. The van der Waals surface area contributed by atoms with Crippen LogP contribution in [0.2, 0.25) is 0 Å². The lowest BCUT2D eigenvalue weighted by Gasteiger charge is -2.17. The highest BCUT2D eigenvalue weighted by Crippen LogP contribution is 2.38. The van der Waals surface area contributed by atoms with Crippen LogP contribution in [0.1, 0.15) is 36.2 Å². The molecule has 0 spiro atoms. The van der Waals surface area contributed by atoms with Gasteiger partial charge in [0.15, 0.2) is 5.82 Å². The minimum Gasteiger partial charge on any atom is -0.326 e. The summed E-state index contributed by atoms with van der Waals surface area (Å²) in [5.41, 5.74) is 5.92. The molecule has 2 N–H and O–H groups in total. The lowest BCUT2D eigenvalue weighted by Crippen LogP contribution is -2.32. The number of fused-ring (bicyclic) bond motifs is 1. The molecule has 4 nitrogen and oxygen atoms in total. The van der Waals surface area contributed by atoms with E-state index in [1.807, 2.05) is 16.4 Å². The third-order valence-corrected chi connectivity index (χ3v) is 4.50. The van der Waals surface area contributed by atoms with Gasteiger partial charge in [0.2, 0.25) is 0 Å². The molecule has 0 bridgehead atoms. The fraction of sp³-hybridized carbons (Fsp3) is 0.800. The van der Waals surface area contributed by atoms with Crippen molar-refractivity contribution in [2.24, 2.45) is 5.73 Å². The van der Waals surface area contributed by atoms with Crippen LogP contribution in [0.3, 0.4) is 0 Å². The van der Waals surface area contributed by atoms with Gasteiger partial charge >= 0.3 is 0 Å². The minimum atomic E-state index is 0.267. The molecule has 2 unspecified atom stereocenters. The molecule has 1 aromatic heterocycles. The van der Waals surface area contributed by atoms with E-state index < -0.39 is 0 Å². The van der Waals surface area contributed by atoms with Crippen molar-refractivity contribution in [3.63, 3.8) is 0 Å². The third kappa shape index (κ3) is 1.78. The van der Waals surface area contributed by atoms with E-state index in [-0.39, 0.29) is 6.04 Å². The van der Waals surface area contributed by atoms with E-state index in [9.17, 15) is 0 Å². The Morgan fingerprint density at radius 2 is 2.33 bits per heavy atom. The zero-order valence-electron chi connectivity index (χ0n) is 8.72. The molecule has 2 aliphatic rings. The monoisotopic (exact) mass is 224 g/mol. The first kappa shape index (κ1) is 9.66. The van der Waals surface area contributed by atoms with Crippen LogP contribution in [0.25, 0.3) is 0 Å². The van der Waals surface area contributed by atoms with Crippen molar-refractivity contribution in [3.8, 4) is 0 Å². The summed E-state index contributed by atoms with van der Waals surface area (Å²) < 4.78 is 2.02. The first-order valence-electron chi connectivity index (χ1n) is 5.64. The van der Waals surface area contributed by atoms with Gasteiger partial charge < -0.3 is 5.73 Å². The van der Waals surface area contributed by atoms with Gasteiger partial charge in [-0.05, 0) is 25.0 Å². The van der Waals surface area contributed by atoms with Gasteiger partial charge in [-0.3, -0.25) is 0 Å². The molecule has 15 heavy (non-hydrogen) atoms. The number of aromatic nitrogens is 3. The Hall–Kier alpha value is -0.550. The van der Waals surface area contributed by atoms with Gasteiger partial charge in [0.1, 0.15) is 5.82 Å². The van der Waals surface area contributed by atoms with Crippen LogP contribution in [-0.4, -0.2) is 26.6 Å². The molecule has 82 valence electrons. The predicted molar refractivity (Wildman–Crippen MR) is 60.8 cm³/mol. The maximum Gasteiger partial charge on any atom is 0.163 e. The summed E-state index contributed by atoms with van der Waals surface area (Å²) in [6.45, 7) is 0.847. The maximum atomic E-state index is 5.92. The molecule has 1 aromatic rings. The predicted octanol–water partition coefficient (Wildman–Crippen LogP) is 1.12. The van der Waals surface area contributed by atoms with Gasteiger partial charge in [-0.2, -0.15) is 16.9 Å². The second-order valence-corrected chi connectivity index (χ2v) is 5.68. The van der Waals surface area contributed by atoms with Crippen LogP contribution in [-0.2, 0) is 13.0 Å². The van der Waals surface area contributed by atoms with E-state index in [2.05, 4.69) is 10.1 Å². The van der Waals surface area contributed by atoms with Gasteiger partial charge in [-0.15, -0.1) is 0 Å². The molecular formula is C10H16N4S. The minimum absolute atomic E-state index is 0.267. The number of nitrogens with two attached hydrogens (primary N) is 1. The smallest absolute Gasteiger partial charge is 0.163 e. The maximum absolute atomic E-state index is 5.92. The quantitative estimate of drug-likeness (QED) is 0.776. The summed E-state index contributed by atoms with van der Waals surface area (Å²) >= 11 is 1.99. The zero-order chi connectivity index (χ0) is 10.3. The van der Waals surface area contributed by atoms with E-state index in [0.717, 1.165) is 31.0 Å². The van der Waals surface area contributed by atoms with Crippen LogP contribution in [0.15, 0.2) is 0 Å². The molecule has 1 fully saturated rings. The van der Waals surface area contributed by atoms with Crippen LogP contribution in [0.5, 0.6) is 0 Å². The Morgan fingerprint density at radius 3 is 3.13 bits per heavy atom. The Morgan fingerprint density at radius 1 is 1.40 bits per heavy atom. The van der Waals surface area contributed by atoms with Crippen molar-refractivity contribution < 1.29 is 0 Å². The molecule has 2 atom stereocenters. The Balaban J connectivity index is 1.85.